The fourth-order valence-electron chi connectivity index (χ4n) is 3.70. The third-order valence-corrected chi connectivity index (χ3v) is 5.25. The number of carbonyl (C=O) groups is 1. The molecule has 0 saturated carbocycles. The van der Waals surface area contributed by atoms with Crippen LogP contribution in [0.5, 0.6) is 0 Å². The number of aliphatic carboxylic acids is 1. The molecular formula is C25H35NO4. The lowest BCUT2D eigenvalue weighted by Gasteiger charge is -2.33. The Morgan fingerprint density at radius 1 is 0.967 bits per heavy atom. The van der Waals surface area contributed by atoms with Crippen molar-refractivity contribution in [2.24, 2.45) is 0 Å². The van der Waals surface area contributed by atoms with Crippen molar-refractivity contribution in [3.05, 3.63) is 71.8 Å². The second-order valence-corrected chi connectivity index (χ2v) is 7.53. The number of carboxylic acid groups (broad SMARTS) is 1. The lowest BCUT2D eigenvalue weighted by Crippen LogP contribution is -2.40. The van der Waals surface area contributed by atoms with Crippen molar-refractivity contribution >= 4 is 5.97 Å². The van der Waals surface area contributed by atoms with E-state index >= 15 is 0 Å². The Bertz CT molecular complexity index is 663. The molecule has 5 heteroatoms. The number of hydrogen-bond donors (Lipinski definition) is 1. The standard InChI is InChI=1S/C20H23NO3.C4H8O.CH4/c22-19(23)15-21-13-11-18(12-14-21)24-20(16-7-3-1-4-8-16)17-9-5-2-6-10-17;1-2-4-5-3-1;/h1-10,18,20H,11-15H2,(H,22,23);1-4H2;1H4. The summed E-state index contributed by atoms with van der Waals surface area (Å²) in [6, 6.07) is 20.5. The van der Waals surface area contributed by atoms with Gasteiger partial charge in [-0.1, -0.05) is 68.1 Å². The van der Waals surface area contributed by atoms with Gasteiger partial charge in [0, 0.05) is 26.3 Å². The van der Waals surface area contributed by atoms with E-state index in [0.717, 1.165) is 50.3 Å². The molecule has 2 fully saturated rings. The molecule has 0 aromatic heterocycles. The Balaban J connectivity index is 0.000000468. The van der Waals surface area contributed by atoms with E-state index in [4.69, 9.17) is 14.6 Å². The van der Waals surface area contributed by atoms with Gasteiger partial charge in [0.15, 0.2) is 0 Å². The topological polar surface area (TPSA) is 59.0 Å². The maximum Gasteiger partial charge on any atom is 0.317 e. The van der Waals surface area contributed by atoms with Crippen LogP contribution in [0.1, 0.15) is 50.3 Å². The van der Waals surface area contributed by atoms with Crippen LogP contribution < -0.4 is 0 Å². The third-order valence-electron chi connectivity index (χ3n) is 5.25. The Morgan fingerprint density at radius 2 is 1.47 bits per heavy atom. The van der Waals surface area contributed by atoms with Crippen molar-refractivity contribution in [2.45, 2.75) is 45.3 Å². The van der Waals surface area contributed by atoms with Crippen molar-refractivity contribution < 1.29 is 19.4 Å². The minimum Gasteiger partial charge on any atom is -0.480 e. The van der Waals surface area contributed by atoms with E-state index < -0.39 is 5.97 Å². The van der Waals surface area contributed by atoms with Crippen molar-refractivity contribution in [3.63, 3.8) is 0 Å². The molecule has 0 aliphatic carbocycles. The van der Waals surface area contributed by atoms with Crippen LogP contribution in [0.4, 0.5) is 0 Å². The van der Waals surface area contributed by atoms with Crippen LogP contribution in [0.25, 0.3) is 0 Å². The number of hydrogen-bond acceptors (Lipinski definition) is 4. The van der Waals surface area contributed by atoms with Crippen molar-refractivity contribution in [3.8, 4) is 0 Å². The summed E-state index contributed by atoms with van der Waals surface area (Å²) >= 11 is 0. The Hall–Kier alpha value is -2.21. The molecule has 0 unspecified atom stereocenters. The average Bonchev–Trinajstić information content (AvgIpc) is 3.34. The molecule has 2 aliphatic rings. The molecule has 164 valence electrons. The minimum absolute atomic E-state index is 0. The molecule has 2 aromatic carbocycles. The van der Waals surface area contributed by atoms with Crippen LogP contribution in [0.15, 0.2) is 60.7 Å². The first-order chi connectivity index (χ1) is 14.2. The largest absolute Gasteiger partial charge is 0.480 e. The number of rotatable bonds is 6. The van der Waals surface area contributed by atoms with Gasteiger partial charge in [0.2, 0.25) is 0 Å². The van der Waals surface area contributed by atoms with E-state index in [-0.39, 0.29) is 26.2 Å². The molecular weight excluding hydrogens is 378 g/mol. The van der Waals surface area contributed by atoms with Crippen LogP contribution in [-0.2, 0) is 14.3 Å². The molecule has 0 spiro atoms. The second-order valence-electron chi connectivity index (χ2n) is 7.53. The van der Waals surface area contributed by atoms with E-state index in [9.17, 15) is 4.79 Å². The molecule has 2 aromatic rings. The highest BCUT2D eigenvalue weighted by atomic mass is 16.5. The number of piperidine rings is 1. The van der Waals surface area contributed by atoms with Gasteiger partial charge in [0.1, 0.15) is 6.10 Å². The minimum atomic E-state index is -0.763. The van der Waals surface area contributed by atoms with E-state index in [1.54, 1.807) is 0 Å². The summed E-state index contributed by atoms with van der Waals surface area (Å²) in [4.78, 5) is 12.8. The number of ether oxygens (including phenoxy) is 2. The predicted octanol–water partition coefficient (Wildman–Crippen LogP) is 4.77. The van der Waals surface area contributed by atoms with E-state index in [2.05, 4.69) is 24.3 Å². The number of benzene rings is 2. The van der Waals surface area contributed by atoms with Crippen LogP contribution in [0.3, 0.4) is 0 Å². The Morgan fingerprint density at radius 3 is 1.87 bits per heavy atom. The van der Waals surface area contributed by atoms with Crippen LogP contribution in [-0.4, -0.2) is 54.9 Å². The van der Waals surface area contributed by atoms with Gasteiger partial charge in [0.05, 0.1) is 12.6 Å². The average molecular weight is 414 g/mol. The molecule has 0 amide bonds. The molecule has 30 heavy (non-hydrogen) atoms. The smallest absolute Gasteiger partial charge is 0.317 e. The molecule has 0 bridgehead atoms. The maximum atomic E-state index is 10.8. The zero-order chi connectivity index (χ0) is 20.3. The lowest BCUT2D eigenvalue weighted by atomic mass is 10.00. The fraction of sp³-hybridized carbons (Fsp3) is 0.480. The highest BCUT2D eigenvalue weighted by Crippen LogP contribution is 2.29. The number of carboxylic acids is 1. The van der Waals surface area contributed by atoms with Gasteiger partial charge in [-0.3, -0.25) is 9.69 Å². The third kappa shape index (κ3) is 7.90. The second kappa shape index (κ2) is 13.2. The number of likely N-dealkylation sites (tertiary alicyclic amines) is 1. The number of nitrogens with zero attached hydrogens (tertiary/aromatic N) is 1. The van der Waals surface area contributed by atoms with Gasteiger partial charge < -0.3 is 14.6 Å². The summed E-state index contributed by atoms with van der Waals surface area (Å²) < 4.78 is 11.4. The first-order valence-corrected chi connectivity index (χ1v) is 10.5. The van der Waals surface area contributed by atoms with Crippen molar-refractivity contribution in [1.82, 2.24) is 4.90 Å². The fourth-order valence-corrected chi connectivity index (χ4v) is 3.70. The summed E-state index contributed by atoms with van der Waals surface area (Å²) in [6.07, 6.45) is 4.36. The van der Waals surface area contributed by atoms with Gasteiger partial charge in [-0.15, -0.1) is 0 Å². The highest BCUT2D eigenvalue weighted by Gasteiger charge is 2.25. The van der Waals surface area contributed by atoms with Gasteiger partial charge >= 0.3 is 5.97 Å². The van der Waals surface area contributed by atoms with E-state index in [1.807, 2.05) is 41.3 Å². The maximum absolute atomic E-state index is 10.8. The summed E-state index contributed by atoms with van der Waals surface area (Å²) in [7, 11) is 0. The first kappa shape index (κ1) is 24.1. The van der Waals surface area contributed by atoms with Crippen molar-refractivity contribution in [2.75, 3.05) is 32.8 Å². The summed E-state index contributed by atoms with van der Waals surface area (Å²) in [5, 5.41) is 8.90. The predicted molar refractivity (Wildman–Crippen MR) is 120 cm³/mol. The normalized spacial score (nSPS) is 17.1. The van der Waals surface area contributed by atoms with Gasteiger partial charge in [-0.25, -0.2) is 0 Å². The lowest BCUT2D eigenvalue weighted by molar-refractivity contribution is -0.139. The summed E-state index contributed by atoms with van der Waals surface area (Å²) in [5.41, 5.74) is 2.30. The monoisotopic (exact) mass is 413 g/mol. The molecule has 1 N–H and O–H groups in total. The van der Waals surface area contributed by atoms with E-state index in [1.165, 1.54) is 12.8 Å². The van der Waals surface area contributed by atoms with Gasteiger partial charge in [0.25, 0.3) is 0 Å². The van der Waals surface area contributed by atoms with Crippen LogP contribution in [0, 0.1) is 0 Å². The molecule has 0 atom stereocenters. The summed E-state index contributed by atoms with van der Waals surface area (Å²) in [5.74, 6) is -0.763. The highest BCUT2D eigenvalue weighted by molar-refractivity contribution is 5.69. The van der Waals surface area contributed by atoms with E-state index in [0.29, 0.717) is 0 Å². The molecule has 0 radical (unpaired) electrons. The molecule has 4 rings (SSSR count). The quantitative estimate of drug-likeness (QED) is 0.739. The zero-order valence-electron chi connectivity index (χ0n) is 16.9. The SMILES string of the molecule is C.C1CCOC1.O=C(O)CN1CCC(OC(c2ccccc2)c2ccccc2)CC1. The summed E-state index contributed by atoms with van der Waals surface area (Å²) in [6.45, 7) is 3.66. The first-order valence-electron chi connectivity index (χ1n) is 10.5. The van der Waals surface area contributed by atoms with Crippen LogP contribution in [0.2, 0.25) is 0 Å². The Labute approximate surface area is 180 Å². The van der Waals surface area contributed by atoms with Gasteiger partial charge in [-0.2, -0.15) is 0 Å². The van der Waals surface area contributed by atoms with Gasteiger partial charge in [-0.05, 0) is 36.8 Å². The molecule has 2 aliphatic heterocycles. The molecule has 2 heterocycles. The van der Waals surface area contributed by atoms with Crippen LogP contribution >= 0.6 is 0 Å². The Kier molecular flexibility index (Phi) is 10.6. The zero-order valence-corrected chi connectivity index (χ0v) is 16.9. The molecule has 2 saturated heterocycles. The van der Waals surface area contributed by atoms with Crippen molar-refractivity contribution in [1.29, 1.82) is 0 Å². The molecule has 5 nitrogen and oxygen atoms in total.